The quantitative estimate of drug-likeness (QED) is 0.882. The van der Waals surface area contributed by atoms with Crippen LogP contribution in [0.25, 0.3) is 0 Å². The molecule has 0 atom stereocenters. The molecule has 2 rings (SSSR count). The molecule has 0 aromatic heterocycles. The highest BCUT2D eigenvalue weighted by molar-refractivity contribution is 9.10. The van der Waals surface area contributed by atoms with Gasteiger partial charge in [-0.25, -0.2) is 0 Å². The van der Waals surface area contributed by atoms with Crippen LogP contribution in [0.1, 0.15) is 28.4 Å². The van der Waals surface area contributed by atoms with E-state index in [0.29, 0.717) is 5.56 Å². The molecule has 3 heteroatoms. The van der Waals surface area contributed by atoms with Crippen LogP contribution in [-0.4, -0.2) is 5.91 Å². The van der Waals surface area contributed by atoms with Gasteiger partial charge < -0.3 is 5.32 Å². The Balaban J connectivity index is 2.18. The van der Waals surface area contributed by atoms with E-state index in [4.69, 9.17) is 0 Å². The van der Waals surface area contributed by atoms with Crippen LogP contribution in [0, 0.1) is 6.92 Å². The highest BCUT2D eigenvalue weighted by Gasteiger charge is 2.10. The molecule has 1 amide bonds. The monoisotopic (exact) mass is 317 g/mol. The molecular weight excluding hydrogens is 302 g/mol. The molecule has 1 N–H and O–H groups in total. The summed E-state index contributed by atoms with van der Waals surface area (Å²) >= 11 is 3.44. The lowest BCUT2D eigenvalue weighted by atomic mass is 10.1. The zero-order valence-electron chi connectivity index (χ0n) is 11.0. The number of carbonyl (C=O) groups is 1. The van der Waals surface area contributed by atoms with Crippen LogP contribution in [0.4, 0.5) is 5.69 Å². The van der Waals surface area contributed by atoms with Crippen molar-refractivity contribution >= 4 is 27.5 Å². The Kier molecular flexibility index (Phi) is 4.38. The van der Waals surface area contributed by atoms with Crippen LogP contribution < -0.4 is 5.32 Å². The lowest BCUT2D eigenvalue weighted by molar-refractivity contribution is 0.102. The van der Waals surface area contributed by atoms with Gasteiger partial charge in [0.15, 0.2) is 0 Å². The molecular formula is C16H16BrNO. The molecule has 0 saturated heterocycles. The van der Waals surface area contributed by atoms with Crippen LogP contribution in [-0.2, 0) is 6.42 Å². The van der Waals surface area contributed by atoms with E-state index in [1.54, 1.807) is 0 Å². The summed E-state index contributed by atoms with van der Waals surface area (Å²) < 4.78 is 0.946. The second-order valence-electron chi connectivity index (χ2n) is 4.42. The Morgan fingerprint density at radius 1 is 1.16 bits per heavy atom. The molecule has 0 aliphatic rings. The molecule has 98 valence electrons. The predicted octanol–water partition coefficient (Wildman–Crippen LogP) is 4.57. The molecule has 0 bridgehead atoms. The van der Waals surface area contributed by atoms with Crippen molar-refractivity contribution in [1.82, 2.24) is 0 Å². The fourth-order valence-electron chi connectivity index (χ4n) is 1.88. The lowest BCUT2D eigenvalue weighted by Gasteiger charge is -2.09. The van der Waals surface area contributed by atoms with Gasteiger partial charge in [-0.05, 0) is 48.7 Å². The topological polar surface area (TPSA) is 29.1 Å². The average molecular weight is 318 g/mol. The molecule has 2 aromatic rings. The number of halogens is 1. The van der Waals surface area contributed by atoms with Gasteiger partial charge in [-0.2, -0.15) is 0 Å². The van der Waals surface area contributed by atoms with Crippen molar-refractivity contribution in [3.8, 4) is 0 Å². The van der Waals surface area contributed by atoms with Gasteiger partial charge in [0.1, 0.15) is 0 Å². The highest BCUT2D eigenvalue weighted by Crippen LogP contribution is 2.20. The van der Waals surface area contributed by atoms with Crippen LogP contribution in [0.2, 0.25) is 0 Å². The van der Waals surface area contributed by atoms with Crippen molar-refractivity contribution in [2.24, 2.45) is 0 Å². The smallest absolute Gasteiger partial charge is 0.255 e. The average Bonchev–Trinajstić information content (AvgIpc) is 2.42. The van der Waals surface area contributed by atoms with E-state index in [0.717, 1.165) is 22.1 Å². The van der Waals surface area contributed by atoms with Crippen LogP contribution in [0.3, 0.4) is 0 Å². The number of anilines is 1. The Labute approximate surface area is 122 Å². The first kappa shape index (κ1) is 13.8. The van der Waals surface area contributed by atoms with E-state index in [-0.39, 0.29) is 5.91 Å². The number of carbonyl (C=O) groups excluding carboxylic acids is 1. The SMILES string of the molecule is CCc1ccc(NC(=O)c2cccc(Br)c2C)cc1. The molecule has 0 aliphatic heterocycles. The normalized spacial score (nSPS) is 10.3. The Bertz CT molecular complexity index is 590. The van der Waals surface area contributed by atoms with Gasteiger partial charge in [0.2, 0.25) is 0 Å². The van der Waals surface area contributed by atoms with Crippen molar-refractivity contribution in [2.45, 2.75) is 20.3 Å². The largest absolute Gasteiger partial charge is 0.322 e. The van der Waals surface area contributed by atoms with E-state index in [9.17, 15) is 4.79 Å². The predicted molar refractivity (Wildman–Crippen MR) is 82.7 cm³/mol. The molecule has 0 saturated carbocycles. The summed E-state index contributed by atoms with van der Waals surface area (Å²) in [5.74, 6) is -0.0805. The molecule has 19 heavy (non-hydrogen) atoms. The first-order chi connectivity index (χ1) is 9.11. The highest BCUT2D eigenvalue weighted by atomic mass is 79.9. The third-order valence-corrected chi connectivity index (χ3v) is 3.99. The maximum atomic E-state index is 12.2. The Morgan fingerprint density at radius 3 is 2.47 bits per heavy atom. The standard InChI is InChI=1S/C16H16BrNO/c1-3-12-7-9-13(10-8-12)18-16(19)14-5-4-6-15(17)11(14)2/h4-10H,3H2,1-2H3,(H,18,19). The van der Waals surface area contributed by atoms with Crippen molar-refractivity contribution in [3.05, 3.63) is 63.6 Å². The first-order valence-corrected chi connectivity index (χ1v) is 7.06. The number of nitrogens with one attached hydrogen (secondary N) is 1. The lowest BCUT2D eigenvalue weighted by Crippen LogP contribution is -2.13. The van der Waals surface area contributed by atoms with E-state index in [2.05, 4.69) is 28.2 Å². The van der Waals surface area contributed by atoms with Crippen LogP contribution in [0.5, 0.6) is 0 Å². The molecule has 0 radical (unpaired) electrons. The molecule has 0 fully saturated rings. The summed E-state index contributed by atoms with van der Waals surface area (Å²) in [6, 6.07) is 13.6. The van der Waals surface area contributed by atoms with Gasteiger partial charge in [-0.3, -0.25) is 4.79 Å². The van der Waals surface area contributed by atoms with Crippen LogP contribution >= 0.6 is 15.9 Å². The number of aryl methyl sites for hydroxylation is 1. The molecule has 2 aromatic carbocycles. The number of rotatable bonds is 3. The van der Waals surface area contributed by atoms with Gasteiger partial charge >= 0.3 is 0 Å². The van der Waals surface area contributed by atoms with Gasteiger partial charge in [-0.15, -0.1) is 0 Å². The van der Waals surface area contributed by atoms with E-state index in [1.807, 2.05) is 49.4 Å². The van der Waals surface area contributed by atoms with Gasteiger partial charge in [-0.1, -0.05) is 41.1 Å². The molecule has 0 spiro atoms. The maximum Gasteiger partial charge on any atom is 0.255 e. The number of hydrogen-bond acceptors (Lipinski definition) is 1. The fraction of sp³-hybridized carbons (Fsp3) is 0.188. The minimum Gasteiger partial charge on any atom is -0.322 e. The third-order valence-electron chi connectivity index (χ3n) is 3.13. The maximum absolute atomic E-state index is 12.2. The second-order valence-corrected chi connectivity index (χ2v) is 5.27. The molecule has 0 aliphatic carbocycles. The van der Waals surface area contributed by atoms with Crippen molar-refractivity contribution < 1.29 is 4.79 Å². The molecule has 2 nitrogen and oxygen atoms in total. The Morgan fingerprint density at radius 2 is 1.84 bits per heavy atom. The third kappa shape index (κ3) is 3.24. The van der Waals surface area contributed by atoms with E-state index >= 15 is 0 Å². The molecule has 0 heterocycles. The zero-order chi connectivity index (χ0) is 13.8. The minimum atomic E-state index is -0.0805. The number of amides is 1. The first-order valence-electron chi connectivity index (χ1n) is 6.27. The zero-order valence-corrected chi connectivity index (χ0v) is 12.6. The number of hydrogen-bond donors (Lipinski definition) is 1. The van der Waals surface area contributed by atoms with Crippen LogP contribution in [0.15, 0.2) is 46.9 Å². The van der Waals surface area contributed by atoms with Gasteiger partial charge in [0.25, 0.3) is 5.91 Å². The van der Waals surface area contributed by atoms with Crippen molar-refractivity contribution in [1.29, 1.82) is 0 Å². The summed E-state index contributed by atoms with van der Waals surface area (Å²) in [4.78, 5) is 12.2. The van der Waals surface area contributed by atoms with Gasteiger partial charge in [0, 0.05) is 15.7 Å². The van der Waals surface area contributed by atoms with E-state index < -0.39 is 0 Å². The van der Waals surface area contributed by atoms with E-state index in [1.165, 1.54) is 5.56 Å². The Hall–Kier alpha value is -1.61. The summed E-state index contributed by atoms with van der Waals surface area (Å²) in [6.07, 6.45) is 0.999. The van der Waals surface area contributed by atoms with Crippen molar-refractivity contribution in [3.63, 3.8) is 0 Å². The summed E-state index contributed by atoms with van der Waals surface area (Å²) in [7, 11) is 0. The summed E-state index contributed by atoms with van der Waals surface area (Å²) in [5.41, 5.74) is 3.72. The van der Waals surface area contributed by atoms with Gasteiger partial charge in [0.05, 0.1) is 0 Å². The minimum absolute atomic E-state index is 0.0805. The van der Waals surface area contributed by atoms with Crippen molar-refractivity contribution in [2.75, 3.05) is 5.32 Å². The summed E-state index contributed by atoms with van der Waals surface area (Å²) in [5, 5.41) is 2.92. The summed E-state index contributed by atoms with van der Waals surface area (Å²) in [6.45, 7) is 4.04. The fourth-order valence-corrected chi connectivity index (χ4v) is 2.24. The molecule has 0 unspecified atom stereocenters. The second kappa shape index (κ2) is 6.02. The number of benzene rings is 2.